The van der Waals surface area contributed by atoms with Gasteiger partial charge in [0, 0.05) is 11.8 Å². The summed E-state index contributed by atoms with van der Waals surface area (Å²) in [5.74, 6) is -0.394. The van der Waals surface area contributed by atoms with Crippen molar-refractivity contribution in [1.82, 2.24) is 0 Å². The fourth-order valence-corrected chi connectivity index (χ4v) is 3.48. The molecular weight excluding hydrogens is 252 g/mol. The molecule has 1 aromatic rings. The van der Waals surface area contributed by atoms with Crippen LogP contribution in [0.4, 0.5) is 0 Å². The molecule has 0 radical (unpaired) electrons. The molecule has 0 N–H and O–H groups in total. The fraction of sp³-hybridized carbons (Fsp3) is 0.308. The largest absolute Gasteiger partial charge is 0.458 e. The number of esters is 1. The predicted octanol–water partition coefficient (Wildman–Crippen LogP) is 2.07. The van der Waals surface area contributed by atoms with Crippen LogP contribution in [0.5, 0.6) is 0 Å². The van der Waals surface area contributed by atoms with Crippen molar-refractivity contribution in [2.24, 2.45) is 0 Å². The molecule has 0 unspecified atom stereocenters. The van der Waals surface area contributed by atoms with Crippen LogP contribution in [0.1, 0.15) is 19.8 Å². The first-order valence-corrected chi connectivity index (χ1v) is 7.16. The van der Waals surface area contributed by atoms with Gasteiger partial charge in [-0.2, -0.15) is 0 Å². The zero-order valence-electron chi connectivity index (χ0n) is 10.00. The molecule has 1 atom stereocenters. The highest BCUT2D eigenvalue weighted by Gasteiger charge is 2.28. The monoisotopic (exact) mass is 266 g/mol. The second kappa shape index (κ2) is 4.94. The molecule has 0 saturated heterocycles. The van der Waals surface area contributed by atoms with Gasteiger partial charge in [-0.05, 0) is 31.1 Å². The highest BCUT2D eigenvalue weighted by molar-refractivity contribution is 7.95. The molecule has 1 aliphatic carbocycles. The Balaban J connectivity index is 2.25. The number of rotatable bonds is 3. The first-order valence-electron chi connectivity index (χ1n) is 5.68. The SMILES string of the molecule is CC(=O)O[C@H]1C=C(S(=O)(=O)c2ccccc2)CC1. The highest BCUT2D eigenvalue weighted by atomic mass is 32.2. The zero-order valence-corrected chi connectivity index (χ0v) is 10.8. The summed E-state index contributed by atoms with van der Waals surface area (Å²) in [5, 5.41) is 0. The van der Waals surface area contributed by atoms with Gasteiger partial charge < -0.3 is 4.74 Å². The average Bonchev–Trinajstić information content (AvgIpc) is 2.78. The topological polar surface area (TPSA) is 60.4 Å². The van der Waals surface area contributed by atoms with Gasteiger partial charge in [0.05, 0.1) is 4.90 Å². The molecule has 0 heterocycles. The standard InChI is InChI=1S/C13H14O4S/c1-10(14)17-11-7-8-13(9-11)18(15,16)12-5-3-2-4-6-12/h2-6,9,11H,7-8H2,1H3/t11-/m1/s1. The normalized spacial score (nSPS) is 19.4. The molecule has 0 bridgehead atoms. The zero-order chi connectivity index (χ0) is 13.2. The van der Waals surface area contributed by atoms with E-state index in [0.717, 1.165) is 0 Å². The summed E-state index contributed by atoms with van der Waals surface area (Å²) in [6.45, 7) is 1.32. The minimum Gasteiger partial charge on any atom is -0.458 e. The second-order valence-corrected chi connectivity index (χ2v) is 6.14. The molecule has 0 fully saturated rings. The number of allylic oxidation sites excluding steroid dienone is 1. The van der Waals surface area contributed by atoms with Gasteiger partial charge in [-0.15, -0.1) is 0 Å². The van der Waals surface area contributed by atoms with Crippen molar-refractivity contribution in [1.29, 1.82) is 0 Å². The van der Waals surface area contributed by atoms with Gasteiger partial charge >= 0.3 is 5.97 Å². The molecule has 18 heavy (non-hydrogen) atoms. The van der Waals surface area contributed by atoms with Gasteiger partial charge in [-0.3, -0.25) is 4.79 Å². The maximum absolute atomic E-state index is 12.3. The van der Waals surface area contributed by atoms with Crippen molar-refractivity contribution in [3.05, 3.63) is 41.3 Å². The van der Waals surface area contributed by atoms with Gasteiger partial charge in [0.15, 0.2) is 0 Å². The molecule has 0 amide bonds. The smallest absolute Gasteiger partial charge is 0.303 e. The number of hydrogen-bond donors (Lipinski definition) is 0. The third-order valence-corrected chi connectivity index (χ3v) is 4.69. The van der Waals surface area contributed by atoms with Gasteiger partial charge in [-0.1, -0.05) is 18.2 Å². The van der Waals surface area contributed by atoms with E-state index in [0.29, 0.717) is 17.7 Å². The molecule has 0 aliphatic heterocycles. The molecule has 96 valence electrons. The number of sulfone groups is 1. The third-order valence-electron chi connectivity index (χ3n) is 2.76. The first kappa shape index (κ1) is 12.8. The van der Waals surface area contributed by atoms with Crippen LogP contribution in [-0.2, 0) is 19.4 Å². The maximum Gasteiger partial charge on any atom is 0.303 e. The molecule has 0 aromatic heterocycles. The minimum atomic E-state index is -3.44. The number of benzene rings is 1. The molecule has 0 spiro atoms. The van der Waals surface area contributed by atoms with E-state index in [2.05, 4.69) is 0 Å². The Bertz CT molecular complexity index is 572. The maximum atomic E-state index is 12.3. The van der Waals surface area contributed by atoms with Crippen molar-refractivity contribution in [3.63, 3.8) is 0 Å². The van der Waals surface area contributed by atoms with Crippen LogP contribution in [0.25, 0.3) is 0 Å². The summed E-state index contributed by atoms with van der Waals surface area (Å²) in [4.78, 5) is 11.4. The third kappa shape index (κ3) is 2.61. The Hall–Kier alpha value is -1.62. The Morgan fingerprint density at radius 1 is 1.28 bits per heavy atom. The Morgan fingerprint density at radius 3 is 2.56 bits per heavy atom. The van der Waals surface area contributed by atoms with E-state index in [4.69, 9.17) is 4.74 Å². The molecule has 0 saturated carbocycles. The lowest BCUT2D eigenvalue weighted by molar-refractivity contribution is -0.144. The van der Waals surface area contributed by atoms with Crippen LogP contribution in [0.15, 0.2) is 46.2 Å². The predicted molar refractivity (Wildman–Crippen MR) is 66.5 cm³/mol. The van der Waals surface area contributed by atoms with Crippen molar-refractivity contribution in [2.45, 2.75) is 30.8 Å². The molecular formula is C13H14O4S. The Morgan fingerprint density at radius 2 is 1.94 bits per heavy atom. The van der Waals surface area contributed by atoms with E-state index in [9.17, 15) is 13.2 Å². The number of hydrogen-bond acceptors (Lipinski definition) is 4. The number of carbonyl (C=O) groups excluding carboxylic acids is 1. The van der Waals surface area contributed by atoms with E-state index in [1.165, 1.54) is 13.0 Å². The van der Waals surface area contributed by atoms with E-state index in [1.807, 2.05) is 0 Å². The van der Waals surface area contributed by atoms with Crippen LogP contribution in [0.3, 0.4) is 0 Å². The molecule has 1 aromatic carbocycles. The minimum absolute atomic E-state index is 0.278. The summed E-state index contributed by atoms with van der Waals surface area (Å²) in [6.07, 6.45) is 2.05. The van der Waals surface area contributed by atoms with Crippen LogP contribution < -0.4 is 0 Å². The van der Waals surface area contributed by atoms with Crippen LogP contribution >= 0.6 is 0 Å². The molecule has 4 nitrogen and oxygen atoms in total. The quantitative estimate of drug-likeness (QED) is 0.786. The summed E-state index contributed by atoms with van der Waals surface area (Å²) in [7, 11) is -3.44. The van der Waals surface area contributed by atoms with E-state index in [-0.39, 0.29) is 4.90 Å². The summed E-state index contributed by atoms with van der Waals surface area (Å²) >= 11 is 0. The van der Waals surface area contributed by atoms with Gasteiger partial charge in [0.25, 0.3) is 0 Å². The number of ether oxygens (including phenoxy) is 1. The summed E-state index contributed by atoms with van der Waals surface area (Å²) < 4.78 is 29.5. The molecule has 5 heteroatoms. The average molecular weight is 266 g/mol. The lowest BCUT2D eigenvalue weighted by atomic mass is 10.3. The fourth-order valence-electron chi connectivity index (χ4n) is 1.94. The lowest BCUT2D eigenvalue weighted by Crippen LogP contribution is -2.10. The highest BCUT2D eigenvalue weighted by Crippen LogP contribution is 2.30. The molecule has 2 rings (SSSR count). The van der Waals surface area contributed by atoms with Crippen molar-refractivity contribution >= 4 is 15.8 Å². The van der Waals surface area contributed by atoms with Gasteiger partial charge in [0.2, 0.25) is 9.84 Å². The van der Waals surface area contributed by atoms with E-state index >= 15 is 0 Å². The first-order chi connectivity index (χ1) is 8.50. The van der Waals surface area contributed by atoms with Crippen molar-refractivity contribution in [2.75, 3.05) is 0 Å². The Labute approximate surface area is 106 Å². The van der Waals surface area contributed by atoms with Gasteiger partial charge in [-0.25, -0.2) is 8.42 Å². The summed E-state index contributed by atoms with van der Waals surface area (Å²) in [6, 6.07) is 8.27. The van der Waals surface area contributed by atoms with E-state index in [1.54, 1.807) is 30.3 Å². The van der Waals surface area contributed by atoms with Crippen LogP contribution in [0.2, 0.25) is 0 Å². The van der Waals surface area contributed by atoms with Crippen molar-refractivity contribution in [3.8, 4) is 0 Å². The second-order valence-electron chi connectivity index (χ2n) is 4.14. The number of carbonyl (C=O) groups is 1. The van der Waals surface area contributed by atoms with Crippen LogP contribution in [0, 0.1) is 0 Å². The summed E-state index contributed by atoms with van der Waals surface area (Å²) in [5.41, 5.74) is 0. The van der Waals surface area contributed by atoms with Gasteiger partial charge in [0.1, 0.15) is 6.10 Å². The molecule has 1 aliphatic rings. The van der Waals surface area contributed by atoms with E-state index < -0.39 is 21.9 Å². The Kier molecular flexibility index (Phi) is 3.52. The lowest BCUT2D eigenvalue weighted by Gasteiger charge is -2.05. The van der Waals surface area contributed by atoms with Crippen LogP contribution in [-0.4, -0.2) is 20.5 Å². The van der Waals surface area contributed by atoms with Crippen molar-refractivity contribution < 1.29 is 17.9 Å².